The number of H-pyrrole nitrogens is 1. The van der Waals surface area contributed by atoms with Crippen LogP contribution in [0.1, 0.15) is 0 Å². The van der Waals surface area contributed by atoms with Crippen LogP contribution in [-0.4, -0.2) is 28.5 Å². The highest BCUT2D eigenvalue weighted by atomic mass is 15.5. The van der Waals surface area contributed by atoms with Crippen molar-refractivity contribution in [1.29, 1.82) is 0 Å². The molecule has 0 amide bonds. The summed E-state index contributed by atoms with van der Waals surface area (Å²) in [5, 5.41) is 13.5. The van der Waals surface area contributed by atoms with Crippen LogP contribution in [0.3, 0.4) is 0 Å². The van der Waals surface area contributed by atoms with Gasteiger partial charge in [0.05, 0.1) is 0 Å². The minimum atomic E-state index is 0.521. The maximum Gasteiger partial charge on any atom is 0.204 e. The van der Waals surface area contributed by atoms with Gasteiger partial charge in [0.25, 0.3) is 0 Å². The molecule has 0 unspecified atom stereocenters. The van der Waals surface area contributed by atoms with E-state index in [2.05, 4.69) is 20.6 Å². The predicted molar refractivity (Wildman–Crippen MR) is 45.0 cm³/mol. The molecule has 1 N–H and O–H groups in total. The summed E-state index contributed by atoms with van der Waals surface area (Å²) >= 11 is 0. The lowest BCUT2D eigenvalue weighted by atomic mass is 9.90. The molecule has 1 aromatic heterocycles. The first-order valence-electron chi connectivity index (χ1n) is 3.46. The van der Waals surface area contributed by atoms with Crippen LogP contribution in [0.25, 0.3) is 11.4 Å². The second-order valence-corrected chi connectivity index (χ2v) is 2.32. The highest BCUT2D eigenvalue weighted by Crippen LogP contribution is 2.07. The summed E-state index contributed by atoms with van der Waals surface area (Å²) in [7, 11) is 5.69. The van der Waals surface area contributed by atoms with Gasteiger partial charge in [0.15, 0.2) is 0 Å². The fourth-order valence-electron chi connectivity index (χ4n) is 0.977. The van der Waals surface area contributed by atoms with Gasteiger partial charge in [0.2, 0.25) is 5.82 Å². The van der Waals surface area contributed by atoms with E-state index in [-0.39, 0.29) is 0 Å². The summed E-state index contributed by atoms with van der Waals surface area (Å²) in [4.78, 5) is 0. The monoisotopic (exact) mass is 156 g/mol. The minimum Gasteiger partial charge on any atom is -0.177 e. The lowest BCUT2D eigenvalue weighted by Gasteiger charge is -1.97. The molecule has 0 aliphatic rings. The van der Waals surface area contributed by atoms with Gasteiger partial charge in [-0.05, 0) is 5.21 Å². The van der Waals surface area contributed by atoms with Crippen molar-refractivity contribution in [2.45, 2.75) is 0 Å². The average molecular weight is 156 g/mol. The number of tetrazole rings is 1. The molecule has 2 aromatic rings. The first-order valence-corrected chi connectivity index (χ1v) is 3.46. The molecule has 1 aromatic carbocycles. The van der Waals surface area contributed by atoms with E-state index in [1.54, 1.807) is 6.07 Å². The summed E-state index contributed by atoms with van der Waals surface area (Å²) in [6.45, 7) is 0. The molecule has 0 atom stereocenters. The Bertz CT molecular complexity index is 371. The maximum absolute atomic E-state index is 5.69. The van der Waals surface area contributed by atoms with Crippen LogP contribution in [0.15, 0.2) is 24.3 Å². The van der Waals surface area contributed by atoms with Crippen LogP contribution < -0.4 is 5.46 Å². The Kier molecular flexibility index (Phi) is 1.62. The van der Waals surface area contributed by atoms with Crippen molar-refractivity contribution >= 4 is 13.3 Å². The van der Waals surface area contributed by atoms with Gasteiger partial charge in [-0.2, -0.15) is 5.21 Å². The third kappa shape index (κ3) is 1.09. The van der Waals surface area contributed by atoms with E-state index in [4.69, 9.17) is 7.85 Å². The van der Waals surface area contributed by atoms with E-state index in [1.807, 2.05) is 18.2 Å². The SMILES string of the molecule is [B]c1ccccc1-c1nn[nH]n1. The van der Waals surface area contributed by atoms with E-state index in [0.717, 1.165) is 5.56 Å². The van der Waals surface area contributed by atoms with Gasteiger partial charge in [0, 0.05) is 5.56 Å². The number of hydrogen-bond donors (Lipinski definition) is 1. The summed E-state index contributed by atoms with van der Waals surface area (Å²) in [5.41, 5.74) is 1.45. The quantitative estimate of drug-likeness (QED) is 0.574. The topological polar surface area (TPSA) is 54.5 Å². The fourth-order valence-corrected chi connectivity index (χ4v) is 0.977. The van der Waals surface area contributed by atoms with Crippen LogP contribution in [-0.2, 0) is 0 Å². The molecule has 4 nitrogen and oxygen atoms in total. The molecule has 2 radical (unpaired) electrons. The van der Waals surface area contributed by atoms with Crippen molar-refractivity contribution in [1.82, 2.24) is 20.6 Å². The molecule has 56 valence electrons. The van der Waals surface area contributed by atoms with Gasteiger partial charge >= 0.3 is 0 Å². The number of nitrogens with one attached hydrogen (secondary N) is 1. The Morgan fingerprint density at radius 3 is 2.75 bits per heavy atom. The lowest BCUT2D eigenvalue weighted by Crippen LogP contribution is -2.06. The van der Waals surface area contributed by atoms with Crippen LogP contribution >= 0.6 is 0 Å². The number of aromatic amines is 1. The van der Waals surface area contributed by atoms with Gasteiger partial charge < -0.3 is 0 Å². The summed E-state index contributed by atoms with van der Waals surface area (Å²) in [6.07, 6.45) is 0. The molecule has 0 saturated carbocycles. The molecule has 0 aliphatic heterocycles. The zero-order chi connectivity index (χ0) is 8.39. The third-order valence-electron chi connectivity index (χ3n) is 1.55. The second kappa shape index (κ2) is 2.77. The van der Waals surface area contributed by atoms with Gasteiger partial charge in [-0.15, -0.1) is 10.2 Å². The number of aromatic nitrogens is 4. The summed E-state index contributed by atoms with van der Waals surface area (Å²) in [5.74, 6) is 0.521. The standard InChI is InChI=1S/C7H5BN4/c8-6-4-2-1-3-5(6)7-9-11-12-10-7/h1-4H,(H,9,10,11,12). The van der Waals surface area contributed by atoms with Crippen LogP contribution in [0.4, 0.5) is 0 Å². The molecule has 0 bridgehead atoms. The highest BCUT2D eigenvalue weighted by Gasteiger charge is 2.03. The van der Waals surface area contributed by atoms with Crippen molar-refractivity contribution in [3.8, 4) is 11.4 Å². The van der Waals surface area contributed by atoms with Gasteiger partial charge in [-0.1, -0.05) is 29.7 Å². The molecule has 1 heterocycles. The Morgan fingerprint density at radius 1 is 1.25 bits per heavy atom. The normalized spacial score (nSPS) is 10.0. The molecule has 0 saturated heterocycles. The smallest absolute Gasteiger partial charge is 0.177 e. The molecule has 0 spiro atoms. The van der Waals surface area contributed by atoms with E-state index < -0.39 is 0 Å². The highest BCUT2D eigenvalue weighted by molar-refractivity contribution is 6.35. The maximum atomic E-state index is 5.69. The molecular weight excluding hydrogens is 151 g/mol. The van der Waals surface area contributed by atoms with E-state index >= 15 is 0 Å². The molecule has 12 heavy (non-hydrogen) atoms. The summed E-state index contributed by atoms with van der Waals surface area (Å²) in [6, 6.07) is 7.38. The van der Waals surface area contributed by atoms with E-state index in [0.29, 0.717) is 11.3 Å². The second-order valence-electron chi connectivity index (χ2n) is 2.32. The van der Waals surface area contributed by atoms with E-state index in [1.165, 1.54) is 0 Å². The third-order valence-corrected chi connectivity index (χ3v) is 1.55. The average Bonchev–Trinajstić information content (AvgIpc) is 2.57. The van der Waals surface area contributed by atoms with E-state index in [9.17, 15) is 0 Å². The number of hydrogen-bond acceptors (Lipinski definition) is 3. The number of benzene rings is 1. The molecular formula is C7H5BN4. The van der Waals surface area contributed by atoms with Crippen LogP contribution in [0, 0.1) is 0 Å². The molecule has 0 fully saturated rings. The molecule has 5 heteroatoms. The van der Waals surface area contributed by atoms with Crippen molar-refractivity contribution in [2.24, 2.45) is 0 Å². The minimum absolute atomic E-state index is 0.521. The predicted octanol–water partition coefficient (Wildman–Crippen LogP) is -0.340. The van der Waals surface area contributed by atoms with Gasteiger partial charge in [0.1, 0.15) is 7.85 Å². The first kappa shape index (κ1) is 7.03. The zero-order valence-electron chi connectivity index (χ0n) is 6.23. The Labute approximate surface area is 70.4 Å². The fraction of sp³-hybridized carbons (Fsp3) is 0. The largest absolute Gasteiger partial charge is 0.204 e. The Balaban J connectivity index is 2.55. The van der Waals surface area contributed by atoms with Crippen molar-refractivity contribution < 1.29 is 0 Å². The number of rotatable bonds is 1. The Morgan fingerprint density at radius 2 is 2.08 bits per heavy atom. The van der Waals surface area contributed by atoms with Crippen molar-refractivity contribution in [2.75, 3.05) is 0 Å². The van der Waals surface area contributed by atoms with Crippen molar-refractivity contribution in [3.63, 3.8) is 0 Å². The van der Waals surface area contributed by atoms with Gasteiger partial charge in [-0.25, -0.2) is 0 Å². The lowest BCUT2D eigenvalue weighted by molar-refractivity contribution is 0.881. The van der Waals surface area contributed by atoms with Crippen LogP contribution in [0.5, 0.6) is 0 Å². The molecule has 0 aliphatic carbocycles. The zero-order valence-corrected chi connectivity index (χ0v) is 6.23. The number of nitrogens with zero attached hydrogens (tertiary/aromatic N) is 3. The van der Waals surface area contributed by atoms with Gasteiger partial charge in [-0.3, -0.25) is 0 Å². The Hall–Kier alpha value is -1.65. The van der Waals surface area contributed by atoms with Crippen LogP contribution in [0.2, 0.25) is 0 Å². The summed E-state index contributed by atoms with van der Waals surface area (Å²) < 4.78 is 0. The van der Waals surface area contributed by atoms with Crippen molar-refractivity contribution in [3.05, 3.63) is 24.3 Å². The molecule has 2 rings (SSSR count). The first-order chi connectivity index (χ1) is 5.88.